The van der Waals surface area contributed by atoms with Crippen LogP contribution in [0.25, 0.3) is 0 Å². The average Bonchev–Trinajstić information content (AvgIpc) is 2.84. The van der Waals surface area contributed by atoms with Gasteiger partial charge >= 0.3 is 21.4 Å². The predicted molar refractivity (Wildman–Crippen MR) is 150 cm³/mol. The lowest BCUT2D eigenvalue weighted by atomic mass is 9.75. The van der Waals surface area contributed by atoms with Gasteiger partial charge in [-0.3, -0.25) is 9.59 Å². The number of carbonyl (C=O) groups is 2. The highest BCUT2D eigenvalue weighted by atomic mass is 19.1. The fraction of sp³-hybridized carbons (Fsp3) is 0.200. The molecule has 0 heterocycles. The molecule has 0 spiro atoms. The molecule has 0 fully saturated rings. The van der Waals surface area contributed by atoms with E-state index in [1.807, 2.05) is 19.2 Å². The maximum atomic E-state index is 13.1. The smallest absolute Gasteiger partial charge is 0.423 e. The lowest BCUT2D eigenvalue weighted by molar-refractivity contribution is -0.116. The van der Waals surface area contributed by atoms with Gasteiger partial charge in [0.1, 0.15) is 11.6 Å². The summed E-state index contributed by atoms with van der Waals surface area (Å²) >= 11 is 0. The molecule has 0 aromatic heterocycles. The van der Waals surface area contributed by atoms with Crippen LogP contribution in [0, 0.1) is 5.82 Å². The van der Waals surface area contributed by atoms with Crippen LogP contribution >= 0.6 is 0 Å². The molecular weight excluding hydrogens is 508 g/mol. The van der Waals surface area contributed by atoms with E-state index in [4.69, 9.17) is 30.1 Å². The van der Waals surface area contributed by atoms with Crippen LogP contribution in [-0.4, -0.2) is 70.2 Å². The van der Waals surface area contributed by atoms with Crippen molar-refractivity contribution in [3.63, 3.8) is 0 Å². The van der Waals surface area contributed by atoms with Crippen LogP contribution in [0.3, 0.4) is 0 Å². The topological polar surface area (TPSA) is 180 Å². The van der Waals surface area contributed by atoms with Gasteiger partial charge in [-0.15, -0.1) is 0 Å². The molecule has 0 bridgehead atoms. The standard InChI is InChI=1S/C9H10BFO3.C8H10BNO3.C8H12BNO2/c1-6(12)5-7-3-2-4-8(11)9(7)10(13)14;1-6(11)10-8-5-3-2-4-7(8)9(12)13;1-10-6-7-4-2-3-5-8(7)9(11)12/h2-4,13-14H,5H2,1H3;2-5,12-13H,1H3,(H,10,11);2-5,10-12H,6H2,1H3. The van der Waals surface area contributed by atoms with E-state index >= 15 is 0 Å². The van der Waals surface area contributed by atoms with E-state index in [1.165, 1.54) is 32.0 Å². The van der Waals surface area contributed by atoms with E-state index in [1.54, 1.807) is 30.3 Å². The van der Waals surface area contributed by atoms with Crippen molar-refractivity contribution in [1.82, 2.24) is 5.32 Å². The summed E-state index contributed by atoms with van der Waals surface area (Å²) < 4.78 is 13.1. The minimum absolute atomic E-state index is 0.00468. The fourth-order valence-electron chi connectivity index (χ4n) is 3.46. The summed E-state index contributed by atoms with van der Waals surface area (Å²) in [6.45, 7) is 3.37. The van der Waals surface area contributed by atoms with Crippen molar-refractivity contribution in [2.75, 3.05) is 12.4 Å². The Hall–Kier alpha value is -3.36. The van der Waals surface area contributed by atoms with Gasteiger partial charge in [0.05, 0.1) is 0 Å². The number of hydrogen-bond donors (Lipinski definition) is 8. The van der Waals surface area contributed by atoms with E-state index in [2.05, 4.69) is 10.6 Å². The molecule has 0 atom stereocenters. The molecule has 3 aromatic carbocycles. The second-order valence-electron chi connectivity index (χ2n) is 8.31. The van der Waals surface area contributed by atoms with Crippen LogP contribution in [-0.2, 0) is 22.6 Å². The molecule has 0 saturated heterocycles. The number of para-hydroxylation sites is 1. The molecule has 3 aromatic rings. The Morgan fingerprint density at radius 2 is 1.28 bits per heavy atom. The third-order valence-electron chi connectivity index (χ3n) is 5.09. The highest BCUT2D eigenvalue weighted by Gasteiger charge is 2.21. The molecule has 0 aliphatic heterocycles. The molecule has 206 valence electrons. The van der Waals surface area contributed by atoms with Crippen molar-refractivity contribution in [3.8, 4) is 0 Å². The average molecular weight is 540 g/mol. The number of halogens is 1. The van der Waals surface area contributed by atoms with E-state index in [0.29, 0.717) is 23.3 Å². The van der Waals surface area contributed by atoms with E-state index in [9.17, 15) is 14.0 Å². The molecule has 0 aliphatic carbocycles. The molecule has 1 amide bonds. The first-order valence-electron chi connectivity index (χ1n) is 11.8. The van der Waals surface area contributed by atoms with Gasteiger partial charge in [0.25, 0.3) is 0 Å². The molecular formula is C25H32B3FN2O8. The largest absolute Gasteiger partial charge is 0.491 e. The van der Waals surface area contributed by atoms with Gasteiger partial charge in [-0.2, -0.15) is 0 Å². The Morgan fingerprint density at radius 1 is 0.744 bits per heavy atom. The van der Waals surface area contributed by atoms with Crippen molar-refractivity contribution in [3.05, 3.63) is 83.7 Å². The summed E-state index contributed by atoms with van der Waals surface area (Å²) in [6.07, 6.45) is 0.00468. The van der Waals surface area contributed by atoms with E-state index in [0.717, 1.165) is 11.6 Å². The van der Waals surface area contributed by atoms with Crippen LogP contribution in [0.4, 0.5) is 10.1 Å². The van der Waals surface area contributed by atoms with Crippen LogP contribution < -0.4 is 27.0 Å². The Balaban J connectivity index is 0.000000293. The highest BCUT2D eigenvalue weighted by Crippen LogP contribution is 2.04. The van der Waals surface area contributed by atoms with Crippen LogP contribution in [0.1, 0.15) is 25.0 Å². The molecule has 0 aliphatic rings. The third-order valence-corrected chi connectivity index (χ3v) is 5.09. The molecule has 14 heteroatoms. The highest BCUT2D eigenvalue weighted by molar-refractivity contribution is 6.61. The summed E-state index contributed by atoms with van der Waals surface area (Å²) in [7, 11) is -3.01. The van der Waals surface area contributed by atoms with Gasteiger partial charge in [0, 0.05) is 36.5 Å². The first-order chi connectivity index (χ1) is 18.4. The summed E-state index contributed by atoms with van der Waals surface area (Å²) in [5, 5.41) is 59.0. The predicted octanol–water partition coefficient (Wildman–Crippen LogP) is -1.95. The first-order valence-corrected chi connectivity index (χ1v) is 11.8. The number of hydrogen-bond acceptors (Lipinski definition) is 9. The van der Waals surface area contributed by atoms with Crippen molar-refractivity contribution in [2.24, 2.45) is 0 Å². The maximum absolute atomic E-state index is 13.1. The Labute approximate surface area is 227 Å². The number of ketones is 1. The molecule has 39 heavy (non-hydrogen) atoms. The van der Waals surface area contributed by atoms with Crippen molar-refractivity contribution >= 4 is 55.1 Å². The molecule has 0 saturated carbocycles. The SMILES string of the molecule is CC(=O)Cc1cccc(F)c1B(O)O.CC(=O)Nc1ccccc1B(O)O.CNCc1ccccc1B(O)O. The zero-order valence-electron chi connectivity index (χ0n) is 21.9. The Bertz CT molecular complexity index is 1220. The minimum Gasteiger partial charge on any atom is -0.423 e. The lowest BCUT2D eigenvalue weighted by Crippen LogP contribution is -2.36. The second kappa shape index (κ2) is 17.3. The van der Waals surface area contributed by atoms with Gasteiger partial charge in [-0.25, -0.2) is 4.39 Å². The zero-order valence-corrected chi connectivity index (χ0v) is 21.9. The molecule has 8 N–H and O–H groups in total. The first kappa shape index (κ1) is 33.7. The molecule has 10 nitrogen and oxygen atoms in total. The number of Topliss-reactive ketones (excluding diaryl/α,β-unsaturated/α-hetero) is 1. The Kier molecular flexibility index (Phi) is 14.9. The number of anilines is 1. The van der Waals surface area contributed by atoms with Crippen molar-refractivity contribution < 1.29 is 44.1 Å². The second-order valence-corrected chi connectivity index (χ2v) is 8.31. The summed E-state index contributed by atoms with van der Waals surface area (Å²) in [5.41, 5.74) is 2.28. The molecule has 0 radical (unpaired) electrons. The monoisotopic (exact) mass is 540 g/mol. The minimum atomic E-state index is -1.88. The van der Waals surface area contributed by atoms with Crippen LogP contribution in [0.15, 0.2) is 66.7 Å². The van der Waals surface area contributed by atoms with Gasteiger partial charge < -0.3 is 40.8 Å². The van der Waals surface area contributed by atoms with Crippen molar-refractivity contribution in [2.45, 2.75) is 26.8 Å². The molecule has 3 rings (SSSR count). The summed E-state index contributed by atoms with van der Waals surface area (Å²) in [5.74, 6) is -1.11. The summed E-state index contributed by atoms with van der Waals surface area (Å²) in [6, 6.07) is 17.8. The normalized spacial score (nSPS) is 9.79. The summed E-state index contributed by atoms with van der Waals surface area (Å²) in [4.78, 5) is 21.5. The number of amides is 1. The lowest BCUT2D eigenvalue weighted by Gasteiger charge is -2.07. The van der Waals surface area contributed by atoms with Gasteiger partial charge in [0.15, 0.2) is 0 Å². The quantitative estimate of drug-likeness (QED) is 0.151. The third kappa shape index (κ3) is 11.9. The number of nitrogens with one attached hydrogen (secondary N) is 2. The number of benzene rings is 3. The number of carbonyl (C=O) groups excluding carboxylic acids is 2. The molecule has 0 unspecified atom stereocenters. The van der Waals surface area contributed by atoms with Crippen LogP contribution in [0.2, 0.25) is 0 Å². The van der Waals surface area contributed by atoms with Crippen molar-refractivity contribution in [1.29, 1.82) is 0 Å². The fourth-order valence-corrected chi connectivity index (χ4v) is 3.46. The van der Waals surface area contributed by atoms with E-state index in [-0.39, 0.29) is 29.0 Å². The van der Waals surface area contributed by atoms with Gasteiger partial charge in [-0.1, -0.05) is 54.6 Å². The van der Waals surface area contributed by atoms with Gasteiger partial charge in [-0.05, 0) is 42.7 Å². The van der Waals surface area contributed by atoms with Gasteiger partial charge in [0.2, 0.25) is 5.91 Å². The van der Waals surface area contributed by atoms with Crippen LogP contribution in [0.5, 0.6) is 0 Å². The van der Waals surface area contributed by atoms with E-state index < -0.39 is 27.2 Å². The zero-order chi connectivity index (χ0) is 29.5. The maximum Gasteiger partial charge on any atom is 0.491 e. The number of rotatable bonds is 8. The Morgan fingerprint density at radius 3 is 1.79 bits per heavy atom.